The van der Waals surface area contributed by atoms with Crippen LogP contribution in [0.15, 0.2) is 28.0 Å². The summed E-state index contributed by atoms with van der Waals surface area (Å²) in [4.78, 5) is 15.2. The predicted octanol–water partition coefficient (Wildman–Crippen LogP) is 3.97. The normalized spacial score (nSPS) is 18.2. The molecule has 0 radical (unpaired) electrons. The van der Waals surface area contributed by atoms with Crippen LogP contribution in [-0.2, 0) is 11.3 Å². The second-order valence-corrected chi connectivity index (χ2v) is 8.08. The third kappa shape index (κ3) is 3.68. The van der Waals surface area contributed by atoms with Gasteiger partial charge in [-0.25, -0.2) is 0 Å². The highest BCUT2D eigenvalue weighted by Gasteiger charge is 2.37. The molecule has 140 valence electrons. The molecule has 2 heterocycles. The molecule has 0 atom stereocenters. The summed E-state index contributed by atoms with van der Waals surface area (Å²) >= 11 is 1.49. The zero-order valence-corrected chi connectivity index (χ0v) is 16.1. The van der Waals surface area contributed by atoms with Crippen LogP contribution in [0.2, 0.25) is 0 Å². The second-order valence-electron chi connectivity index (χ2n) is 7.14. The van der Waals surface area contributed by atoms with Gasteiger partial charge in [0, 0.05) is 18.6 Å². The van der Waals surface area contributed by atoms with Crippen LogP contribution in [0.4, 0.5) is 0 Å². The Balaban J connectivity index is 1.43. The van der Waals surface area contributed by atoms with E-state index in [1.165, 1.54) is 56.7 Å². The van der Waals surface area contributed by atoms with Crippen LogP contribution in [0, 0.1) is 0 Å². The van der Waals surface area contributed by atoms with Crippen molar-refractivity contribution in [3.8, 4) is 11.6 Å². The molecule has 26 heavy (non-hydrogen) atoms. The number of amides is 1. The van der Waals surface area contributed by atoms with Gasteiger partial charge >= 0.3 is 0 Å². The van der Waals surface area contributed by atoms with Gasteiger partial charge in [0.15, 0.2) is 16.7 Å². The molecule has 7 heteroatoms. The highest BCUT2D eigenvalue weighted by molar-refractivity contribution is 7.99. The molecule has 2 aromatic rings. The number of carbonyl (C=O) groups is 1. The summed E-state index contributed by atoms with van der Waals surface area (Å²) in [6.07, 6.45) is 10.1. The molecule has 2 aromatic heterocycles. The van der Waals surface area contributed by atoms with Crippen molar-refractivity contribution < 1.29 is 9.21 Å². The lowest BCUT2D eigenvalue weighted by Gasteiger charge is -2.34. The average molecular weight is 375 g/mol. The van der Waals surface area contributed by atoms with Crippen LogP contribution in [0.1, 0.15) is 51.9 Å². The zero-order chi connectivity index (χ0) is 17.9. The number of thioether (sulfide) groups is 1. The van der Waals surface area contributed by atoms with Crippen molar-refractivity contribution in [1.29, 1.82) is 0 Å². The van der Waals surface area contributed by atoms with Crippen LogP contribution >= 0.6 is 11.8 Å². The summed E-state index contributed by atoms with van der Waals surface area (Å²) in [5.74, 6) is 2.12. The van der Waals surface area contributed by atoms with Gasteiger partial charge in [0.2, 0.25) is 5.91 Å². The first-order chi connectivity index (χ1) is 12.8. The number of aromatic nitrogens is 3. The fourth-order valence-electron chi connectivity index (χ4n) is 3.89. The van der Waals surface area contributed by atoms with Crippen molar-refractivity contribution in [3.63, 3.8) is 0 Å². The fourth-order valence-corrected chi connectivity index (χ4v) is 4.76. The van der Waals surface area contributed by atoms with Gasteiger partial charge in [-0.3, -0.25) is 9.36 Å². The maximum Gasteiger partial charge on any atom is 0.233 e. The van der Waals surface area contributed by atoms with E-state index in [1.807, 2.05) is 16.7 Å². The lowest BCUT2D eigenvalue weighted by atomic mass is 9.94. The lowest BCUT2D eigenvalue weighted by molar-refractivity contribution is -0.132. The number of hydrogen-bond donors (Lipinski definition) is 0. The average Bonchev–Trinajstić information content (AvgIpc) is 3.20. The Labute approximate surface area is 158 Å². The van der Waals surface area contributed by atoms with Gasteiger partial charge < -0.3 is 9.32 Å². The first-order valence-electron chi connectivity index (χ1n) is 9.69. The van der Waals surface area contributed by atoms with Crippen LogP contribution in [0.25, 0.3) is 11.6 Å². The van der Waals surface area contributed by atoms with E-state index < -0.39 is 0 Å². The van der Waals surface area contributed by atoms with Crippen molar-refractivity contribution in [2.75, 3.05) is 5.75 Å². The van der Waals surface area contributed by atoms with Gasteiger partial charge in [-0.2, -0.15) is 0 Å². The molecule has 0 spiro atoms. The number of furan rings is 1. The van der Waals surface area contributed by atoms with Crippen LogP contribution in [-0.4, -0.2) is 43.4 Å². The van der Waals surface area contributed by atoms with E-state index in [0.717, 1.165) is 17.5 Å². The molecule has 0 aliphatic heterocycles. The van der Waals surface area contributed by atoms with Gasteiger partial charge in [0.1, 0.15) is 0 Å². The number of hydrogen-bond acceptors (Lipinski definition) is 5. The Morgan fingerprint density at radius 2 is 2.00 bits per heavy atom. The van der Waals surface area contributed by atoms with E-state index in [4.69, 9.17) is 4.42 Å². The monoisotopic (exact) mass is 374 g/mol. The Morgan fingerprint density at radius 3 is 2.65 bits per heavy atom. The largest absolute Gasteiger partial charge is 0.461 e. The van der Waals surface area contributed by atoms with Gasteiger partial charge in [0.05, 0.1) is 12.0 Å². The number of nitrogens with zero attached hydrogens (tertiary/aromatic N) is 4. The summed E-state index contributed by atoms with van der Waals surface area (Å²) in [5.41, 5.74) is 0. The molecule has 0 aromatic carbocycles. The third-order valence-corrected chi connectivity index (χ3v) is 6.25. The smallest absolute Gasteiger partial charge is 0.233 e. The van der Waals surface area contributed by atoms with E-state index in [-0.39, 0.29) is 5.91 Å². The van der Waals surface area contributed by atoms with E-state index in [9.17, 15) is 4.79 Å². The fraction of sp³-hybridized carbons (Fsp3) is 0.632. The Hall–Kier alpha value is -1.76. The van der Waals surface area contributed by atoms with E-state index >= 15 is 0 Å². The van der Waals surface area contributed by atoms with Crippen molar-refractivity contribution in [2.24, 2.45) is 0 Å². The topological polar surface area (TPSA) is 64.2 Å². The number of carbonyl (C=O) groups excluding carboxylic acids is 1. The molecule has 0 N–H and O–H groups in total. The first kappa shape index (κ1) is 17.6. The first-order valence-corrected chi connectivity index (χ1v) is 10.7. The minimum absolute atomic E-state index is 0.259. The van der Waals surface area contributed by atoms with Crippen molar-refractivity contribution in [3.05, 3.63) is 18.4 Å². The standard InChI is InChI=1S/C19H26N4O2S/c1-2-22-18(16-9-6-12-25-16)20-21-19(22)26-13-17(24)23(15-10-11-15)14-7-4-3-5-8-14/h6,9,12,14-15H,2-5,7-8,10-11,13H2,1H3. The van der Waals surface area contributed by atoms with Crippen molar-refractivity contribution in [2.45, 2.75) is 75.7 Å². The number of rotatable bonds is 7. The second kappa shape index (κ2) is 7.86. The van der Waals surface area contributed by atoms with Crippen LogP contribution in [0.5, 0.6) is 0 Å². The molecular weight excluding hydrogens is 348 g/mol. The maximum atomic E-state index is 13.0. The predicted molar refractivity (Wildman–Crippen MR) is 101 cm³/mol. The van der Waals surface area contributed by atoms with Gasteiger partial charge in [-0.1, -0.05) is 31.0 Å². The van der Waals surface area contributed by atoms with E-state index in [0.29, 0.717) is 23.6 Å². The molecule has 0 bridgehead atoms. The van der Waals surface area contributed by atoms with Crippen LogP contribution < -0.4 is 0 Å². The molecule has 2 aliphatic rings. The lowest BCUT2D eigenvalue weighted by Crippen LogP contribution is -2.44. The summed E-state index contributed by atoms with van der Waals surface area (Å²) in [6, 6.07) is 4.66. The Morgan fingerprint density at radius 1 is 1.23 bits per heavy atom. The Bertz CT molecular complexity index is 733. The Kier molecular flexibility index (Phi) is 5.33. The quantitative estimate of drug-likeness (QED) is 0.686. The molecule has 2 fully saturated rings. The molecular formula is C19H26N4O2S. The minimum Gasteiger partial charge on any atom is -0.461 e. The SMILES string of the molecule is CCn1c(SCC(=O)N(C2CCCCC2)C2CC2)nnc1-c1ccco1. The van der Waals surface area contributed by atoms with E-state index in [2.05, 4.69) is 22.0 Å². The van der Waals surface area contributed by atoms with Gasteiger partial charge in [-0.05, 0) is 44.7 Å². The zero-order valence-electron chi connectivity index (χ0n) is 15.3. The van der Waals surface area contributed by atoms with Crippen molar-refractivity contribution in [1.82, 2.24) is 19.7 Å². The molecule has 1 amide bonds. The van der Waals surface area contributed by atoms with Crippen LogP contribution in [0.3, 0.4) is 0 Å². The summed E-state index contributed by atoms with van der Waals surface area (Å²) < 4.78 is 7.46. The minimum atomic E-state index is 0.259. The molecule has 0 unspecified atom stereocenters. The molecule has 2 aliphatic carbocycles. The van der Waals surface area contributed by atoms with Crippen molar-refractivity contribution >= 4 is 17.7 Å². The highest BCUT2D eigenvalue weighted by atomic mass is 32.2. The third-order valence-electron chi connectivity index (χ3n) is 5.30. The highest BCUT2D eigenvalue weighted by Crippen LogP contribution is 2.35. The molecule has 6 nitrogen and oxygen atoms in total. The molecule has 4 rings (SSSR count). The summed E-state index contributed by atoms with van der Waals surface area (Å²) in [5, 5.41) is 9.34. The van der Waals surface area contributed by atoms with Gasteiger partial charge in [-0.15, -0.1) is 10.2 Å². The molecule has 2 saturated carbocycles. The van der Waals surface area contributed by atoms with E-state index in [1.54, 1.807) is 6.26 Å². The maximum absolute atomic E-state index is 13.0. The molecule has 0 saturated heterocycles. The summed E-state index contributed by atoms with van der Waals surface area (Å²) in [7, 11) is 0. The summed E-state index contributed by atoms with van der Waals surface area (Å²) in [6.45, 7) is 2.80. The van der Waals surface area contributed by atoms with Gasteiger partial charge in [0.25, 0.3) is 0 Å².